The molecule has 0 saturated carbocycles. The van der Waals surface area contributed by atoms with Gasteiger partial charge in [-0.1, -0.05) is 43.2 Å². The number of aryl methyl sites for hydroxylation is 1. The Morgan fingerprint density at radius 2 is 1.83 bits per heavy atom. The number of hydrogen-bond acceptors (Lipinski definition) is 5. The second-order valence-electron chi connectivity index (χ2n) is 5.53. The molecule has 1 aromatic carbocycles. The van der Waals surface area contributed by atoms with Crippen LogP contribution in [0.25, 0.3) is 0 Å². The number of thiophene rings is 1. The van der Waals surface area contributed by atoms with E-state index in [2.05, 4.69) is 40.2 Å². The highest BCUT2D eigenvalue weighted by molar-refractivity contribution is 7.14. The van der Waals surface area contributed by atoms with Crippen molar-refractivity contribution in [2.45, 2.75) is 38.5 Å². The molecule has 4 N–H and O–H groups in total. The molecule has 0 aliphatic heterocycles. The van der Waals surface area contributed by atoms with Crippen molar-refractivity contribution in [2.24, 2.45) is 10.9 Å². The Morgan fingerprint density at radius 1 is 1.04 bits per heavy atom. The maximum absolute atomic E-state index is 12.1. The molecule has 0 amide bonds. The number of ketones is 1. The van der Waals surface area contributed by atoms with E-state index in [0.717, 1.165) is 37.1 Å². The van der Waals surface area contributed by atoms with Gasteiger partial charge in [0.1, 0.15) is 5.00 Å². The standard InChI is InChI=1S/C18H24N4OS/c19-20-18(22-21-17-13-8-14-24-17)16(23)12-7-2-1-4-9-15-10-5-3-6-11-15/h3,5-6,8,10-11,13-14,21H,1-2,4,7,9,12,19H2,(H,20,22). The summed E-state index contributed by atoms with van der Waals surface area (Å²) >= 11 is 1.53. The molecule has 0 aliphatic carbocycles. The first kappa shape index (κ1) is 18.0. The third-order valence-electron chi connectivity index (χ3n) is 3.68. The van der Waals surface area contributed by atoms with Gasteiger partial charge in [-0.2, -0.15) is 5.10 Å². The first-order chi connectivity index (χ1) is 11.8. The van der Waals surface area contributed by atoms with Gasteiger partial charge in [0, 0.05) is 6.42 Å². The lowest BCUT2D eigenvalue weighted by Gasteiger charge is -2.09. The van der Waals surface area contributed by atoms with Crippen molar-refractivity contribution in [3.05, 3.63) is 53.4 Å². The highest BCUT2D eigenvalue weighted by atomic mass is 32.1. The Bertz CT molecular complexity index is 626. The Morgan fingerprint density at radius 3 is 2.54 bits per heavy atom. The number of anilines is 1. The van der Waals surface area contributed by atoms with Crippen LogP contribution in [0.3, 0.4) is 0 Å². The zero-order valence-electron chi connectivity index (χ0n) is 13.7. The summed E-state index contributed by atoms with van der Waals surface area (Å²) in [6.45, 7) is 0. The van der Waals surface area contributed by atoms with E-state index in [-0.39, 0.29) is 11.6 Å². The van der Waals surface area contributed by atoms with Crippen molar-refractivity contribution in [3.63, 3.8) is 0 Å². The summed E-state index contributed by atoms with van der Waals surface area (Å²) in [7, 11) is 0. The molecule has 1 aromatic heterocycles. The summed E-state index contributed by atoms with van der Waals surface area (Å²) in [4.78, 5) is 12.1. The van der Waals surface area contributed by atoms with Crippen LogP contribution in [0, 0.1) is 0 Å². The second-order valence-corrected chi connectivity index (χ2v) is 6.48. The van der Waals surface area contributed by atoms with E-state index in [9.17, 15) is 4.79 Å². The molecule has 0 bridgehead atoms. The fourth-order valence-corrected chi connectivity index (χ4v) is 2.95. The molecule has 0 aliphatic rings. The molecular weight excluding hydrogens is 320 g/mol. The minimum Gasteiger partial charge on any atom is -0.321 e. The molecule has 2 aromatic rings. The predicted octanol–water partition coefficient (Wildman–Crippen LogP) is 3.70. The van der Waals surface area contributed by atoms with E-state index < -0.39 is 0 Å². The fraction of sp³-hybridized carbons (Fsp3) is 0.333. The van der Waals surface area contributed by atoms with Crippen LogP contribution in [0.15, 0.2) is 52.9 Å². The lowest BCUT2D eigenvalue weighted by atomic mass is 10.0. The van der Waals surface area contributed by atoms with Gasteiger partial charge in [-0.3, -0.25) is 15.6 Å². The first-order valence-corrected chi connectivity index (χ1v) is 9.08. The number of hydrazine groups is 1. The Kier molecular flexibility index (Phi) is 7.83. The normalized spacial score (nSPS) is 11.2. The third kappa shape index (κ3) is 6.42. The van der Waals surface area contributed by atoms with Crippen LogP contribution in [-0.2, 0) is 11.2 Å². The van der Waals surface area contributed by atoms with Crippen molar-refractivity contribution in [3.8, 4) is 0 Å². The van der Waals surface area contributed by atoms with E-state index in [0.29, 0.717) is 6.42 Å². The topological polar surface area (TPSA) is 79.5 Å². The number of carbonyl (C=O) groups excluding carboxylic acids is 1. The summed E-state index contributed by atoms with van der Waals surface area (Å²) in [5.41, 5.74) is 7.07. The number of nitrogens with zero attached hydrogens (tertiary/aromatic N) is 1. The number of unbranched alkanes of at least 4 members (excludes halogenated alkanes) is 3. The van der Waals surface area contributed by atoms with E-state index in [1.54, 1.807) is 0 Å². The van der Waals surface area contributed by atoms with E-state index >= 15 is 0 Å². The summed E-state index contributed by atoms with van der Waals surface area (Å²) in [6.07, 6.45) is 5.71. The first-order valence-electron chi connectivity index (χ1n) is 8.20. The maximum Gasteiger partial charge on any atom is 0.207 e. The van der Waals surface area contributed by atoms with Crippen molar-refractivity contribution in [1.29, 1.82) is 0 Å². The number of benzene rings is 1. The fourth-order valence-electron chi connectivity index (χ4n) is 2.38. The largest absolute Gasteiger partial charge is 0.321 e. The second kappa shape index (κ2) is 10.4. The zero-order chi connectivity index (χ0) is 17.0. The average molecular weight is 344 g/mol. The number of nitrogens with one attached hydrogen (secondary N) is 2. The maximum atomic E-state index is 12.1. The van der Waals surface area contributed by atoms with Gasteiger partial charge in [0.2, 0.25) is 11.6 Å². The van der Waals surface area contributed by atoms with Crippen LogP contribution >= 0.6 is 11.3 Å². The Balaban J connectivity index is 1.57. The molecule has 0 saturated heterocycles. The van der Waals surface area contributed by atoms with Gasteiger partial charge in [-0.25, -0.2) is 0 Å². The SMILES string of the molecule is N/N=C(\NNc1cccs1)C(=O)CCCCCCc1ccccc1. The zero-order valence-corrected chi connectivity index (χ0v) is 14.5. The van der Waals surface area contributed by atoms with Gasteiger partial charge in [-0.15, -0.1) is 11.3 Å². The Labute approximate surface area is 146 Å². The molecule has 24 heavy (non-hydrogen) atoms. The minimum atomic E-state index is -0.0652. The molecular formula is C18H24N4OS. The van der Waals surface area contributed by atoms with Crippen LogP contribution in [-0.4, -0.2) is 11.6 Å². The van der Waals surface area contributed by atoms with Crippen molar-refractivity contribution in [2.75, 3.05) is 5.43 Å². The van der Waals surface area contributed by atoms with Crippen LogP contribution < -0.4 is 16.7 Å². The molecule has 0 fully saturated rings. The molecule has 6 heteroatoms. The summed E-state index contributed by atoms with van der Waals surface area (Å²) in [5.74, 6) is 5.41. The molecule has 0 spiro atoms. The molecule has 0 radical (unpaired) electrons. The van der Waals surface area contributed by atoms with E-state index in [4.69, 9.17) is 5.84 Å². The number of rotatable bonds is 10. The predicted molar refractivity (Wildman–Crippen MR) is 101 cm³/mol. The van der Waals surface area contributed by atoms with E-state index in [1.807, 2.05) is 23.6 Å². The molecule has 2 rings (SSSR count). The molecule has 5 nitrogen and oxygen atoms in total. The van der Waals surface area contributed by atoms with Crippen molar-refractivity contribution >= 4 is 28.0 Å². The number of amidine groups is 1. The summed E-state index contributed by atoms with van der Waals surface area (Å²) in [5, 5.41) is 6.39. The van der Waals surface area contributed by atoms with Gasteiger partial charge in [0.05, 0.1) is 0 Å². The third-order valence-corrected chi connectivity index (χ3v) is 4.47. The van der Waals surface area contributed by atoms with Crippen LogP contribution in [0.4, 0.5) is 5.00 Å². The van der Waals surface area contributed by atoms with Crippen LogP contribution in [0.1, 0.15) is 37.7 Å². The summed E-state index contributed by atoms with van der Waals surface area (Å²) < 4.78 is 0. The van der Waals surface area contributed by atoms with Gasteiger partial charge in [0.25, 0.3) is 0 Å². The smallest absolute Gasteiger partial charge is 0.207 e. The van der Waals surface area contributed by atoms with Gasteiger partial charge >= 0.3 is 0 Å². The molecule has 1 heterocycles. The highest BCUT2D eigenvalue weighted by Crippen LogP contribution is 2.13. The summed E-state index contributed by atoms with van der Waals surface area (Å²) in [6, 6.07) is 14.3. The number of hydrogen-bond donors (Lipinski definition) is 3. The lowest BCUT2D eigenvalue weighted by Crippen LogP contribution is -2.36. The number of nitrogens with two attached hydrogens (primary N) is 1. The number of Topliss-reactive ketones (excluding diaryl/α,β-unsaturated/α-hetero) is 1. The van der Waals surface area contributed by atoms with Crippen LogP contribution in [0.2, 0.25) is 0 Å². The molecule has 0 unspecified atom stereocenters. The molecule has 128 valence electrons. The highest BCUT2D eigenvalue weighted by Gasteiger charge is 2.10. The van der Waals surface area contributed by atoms with Crippen molar-refractivity contribution in [1.82, 2.24) is 5.43 Å². The van der Waals surface area contributed by atoms with Gasteiger partial charge in [-0.05, 0) is 42.3 Å². The Hall–Kier alpha value is -2.34. The van der Waals surface area contributed by atoms with E-state index in [1.165, 1.54) is 16.9 Å². The number of carbonyl (C=O) groups is 1. The minimum absolute atomic E-state index is 0.0652. The van der Waals surface area contributed by atoms with Crippen molar-refractivity contribution < 1.29 is 4.79 Å². The van der Waals surface area contributed by atoms with Crippen LogP contribution in [0.5, 0.6) is 0 Å². The van der Waals surface area contributed by atoms with Gasteiger partial charge < -0.3 is 5.84 Å². The van der Waals surface area contributed by atoms with Gasteiger partial charge in [0.15, 0.2) is 0 Å². The average Bonchev–Trinajstić information content (AvgIpc) is 3.13. The quantitative estimate of drug-likeness (QED) is 0.202. The monoisotopic (exact) mass is 344 g/mol. The lowest BCUT2D eigenvalue weighted by molar-refractivity contribution is -0.113. The molecule has 0 atom stereocenters. The number of hydrazone groups is 1.